The molecule has 1 aromatic carbocycles. The number of benzene rings is 1. The van der Waals surface area contributed by atoms with Crippen molar-refractivity contribution in [3.63, 3.8) is 0 Å². The van der Waals surface area contributed by atoms with Gasteiger partial charge in [-0.15, -0.1) is 0 Å². The second-order valence-corrected chi connectivity index (χ2v) is 8.48. The molecule has 1 aliphatic carbocycles. The molecule has 33 heavy (non-hydrogen) atoms. The van der Waals surface area contributed by atoms with Gasteiger partial charge in [0.1, 0.15) is 16.9 Å². The van der Waals surface area contributed by atoms with Crippen LogP contribution in [0.25, 0.3) is 10.9 Å². The number of carboxylic acid groups (broad SMARTS) is 1. The Bertz CT molecular complexity index is 1320. The van der Waals surface area contributed by atoms with Crippen LogP contribution in [0.4, 0.5) is 23.2 Å². The number of halogens is 4. The van der Waals surface area contributed by atoms with Crippen molar-refractivity contribution >= 4 is 22.6 Å². The molecule has 1 saturated heterocycles. The van der Waals surface area contributed by atoms with Gasteiger partial charge in [0, 0.05) is 43.1 Å². The van der Waals surface area contributed by atoms with Crippen molar-refractivity contribution in [2.45, 2.75) is 37.4 Å². The lowest BCUT2D eigenvalue weighted by Gasteiger charge is -2.26. The van der Waals surface area contributed by atoms with E-state index in [9.17, 15) is 27.9 Å². The molecule has 6 nitrogen and oxygen atoms in total. The second kappa shape index (κ2) is 7.57. The first-order chi connectivity index (χ1) is 15.7. The van der Waals surface area contributed by atoms with E-state index in [0.717, 1.165) is 18.0 Å². The molecule has 0 bridgehead atoms. The molecule has 5 rings (SSSR count). The molecule has 0 spiro atoms. The standard InChI is InChI=1S/C23H19F4N3O3/c24-16-9-14-19(30(13-4-5-13)11-15(21(14)31)22(32)33)18(23(25,26)27)20(16)29-8-6-12(10-29)17-3-1-2-7-28-17/h1-3,7,9,11-13H,4-6,8,10H2,(H,32,33). The van der Waals surface area contributed by atoms with Crippen LogP contribution < -0.4 is 10.3 Å². The van der Waals surface area contributed by atoms with Gasteiger partial charge in [-0.05, 0) is 37.5 Å². The summed E-state index contributed by atoms with van der Waals surface area (Å²) in [6.45, 7) is 0.330. The van der Waals surface area contributed by atoms with E-state index in [1.165, 1.54) is 9.47 Å². The Morgan fingerprint density at radius 2 is 1.94 bits per heavy atom. The number of carboxylic acids is 1. The quantitative estimate of drug-likeness (QED) is 0.576. The second-order valence-electron chi connectivity index (χ2n) is 8.48. The van der Waals surface area contributed by atoms with Gasteiger partial charge >= 0.3 is 12.1 Å². The van der Waals surface area contributed by atoms with E-state index in [4.69, 9.17) is 0 Å². The zero-order valence-corrected chi connectivity index (χ0v) is 17.3. The van der Waals surface area contributed by atoms with Gasteiger partial charge < -0.3 is 14.6 Å². The van der Waals surface area contributed by atoms with Crippen molar-refractivity contribution < 1.29 is 27.5 Å². The molecular formula is C23H19F4N3O3. The molecular weight excluding hydrogens is 442 g/mol. The van der Waals surface area contributed by atoms with E-state index >= 15 is 4.39 Å². The van der Waals surface area contributed by atoms with Crippen molar-refractivity contribution in [2.24, 2.45) is 0 Å². The van der Waals surface area contributed by atoms with Crippen LogP contribution in [0, 0.1) is 5.82 Å². The number of carbonyl (C=O) groups is 1. The summed E-state index contributed by atoms with van der Waals surface area (Å²) in [5.41, 5.74) is -3.39. The number of hydrogen-bond donors (Lipinski definition) is 1. The van der Waals surface area contributed by atoms with Crippen LogP contribution in [0.2, 0.25) is 0 Å². The fourth-order valence-electron chi connectivity index (χ4n) is 4.67. The Hall–Kier alpha value is -3.43. The fraction of sp³-hybridized carbons (Fsp3) is 0.348. The topological polar surface area (TPSA) is 75.4 Å². The smallest absolute Gasteiger partial charge is 0.420 e. The van der Waals surface area contributed by atoms with Crippen LogP contribution in [-0.4, -0.2) is 33.7 Å². The number of aromatic carboxylic acids is 1. The van der Waals surface area contributed by atoms with Gasteiger partial charge in [0.15, 0.2) is 0 Å². The normalized spacial score (nSPS) is 18.8. The number of hydrogen-bond acceptors (Lipinski definition) is 4. The minimum absolute atomic E-state index is 0.142. The molecule has 0 amide bonds. The fourth-order valence-corrected chi connectivity index (χ4v) is 4.67. The highest BCUT2D eigenvalue weighted by atomic mass is 19.4. The molecule has 2 fully saturated rings. The van der Waals surface area contributed by atoms with Crippen molar-refractivity contribution in [3.05, 3.63) is 69.5 Å². The Morgan fingerprint density at radius 3 is 2.55 bits per heavy atom. The van der Waals surface area contributed by atoms with Crippen LogP contribution in [0.5, 0.6) is 0 Å². The highest BCUT2D eigenvalue weighted by molar-refractivity contribution is 5.95. The van der Waals surface area contributed by atoms with Crippen molar-refractivity contribution in [1.82, 2.24) is 9.55 Å². The van der Waals surface area contributed by atoms with Crippen molar-refractivity contribution in [1.29, 1.82) is 0 Å². The lowest BCUT2D eigenvalue weighted by atomic mass is 10.0. The third kappa shape index (κ3) is 3.63. The molecule has 2 aromatic heterocycles. The maximum Gasteiger partial charge on any atom is 0.420 e. The SMILES string of the molecule is O=C(O)c1cn(C2CC2)c2c(C(F)(F)F)c(N3CCC(c4ccccn4)C3)c(F)cc2c1=O. The molecule has 0 radical (unpaired) electrons. The van der Waals surface area contributed by atoms with Gasteiger partial charge in [0.05, 0.1) is 16.6 Å². The van der Waals surface area contributed by atoms with E-state index in [1.54, 1.807) is 24.4 Å². The number of pyridine rings is 2. The Balaban J connectivity index is 1.74. The third-order valence-corrected chi connectivity index (χ3v) is 6.31. The summed E-state index contributed by atoms with van der Waals surface area (Å²) in [6.07, 6.45) is -0.808. The number of anilines is 1. The summed E-state index contributed by atoms with van der Waals surface area (Å²) in [7, 11) is 0. The average Bonchev–Trinajstić information content (AvgIpc) is 3.49. The van der Waals surface area contributed by atoms with E-state index < -0.39 is 51.1 Å². The van der Waals surface area contributed by atoms with Gasteiger partial charge in [0.25, 0.3) is 0 Å². The minimum atomic E-state index is -4.97. The predicted molar refractivity (Wildman–Crippen MR) is 112 cm³/mol. The first-order valence-electron chi connectivity index (χ1n) is 10.5. The number of rotatable bonds is 4. The number of nitrogens with zero attached hydrogens (tertiary/aromatic N) is 3. The maximum absolute atomic E-state index is 15.3. The molecule has 1 atom stereocenters. The zero-order valence-electron chi connectivity index (χ0n) is 17.3. The van der Waals surface area contributed by atoms with Crippen LogP contribution in [0.15, 0.2) is 41.5 Å². The van der Waals surface area contributed by atoms with Crippen molar-refractivity contribution in [2.75, 3.05) is 18.0 Å². The van der Waals surface area contributed by atoms with Crippen LogP contribution in [-0.2, 0) is 6.18 Å². The predicted octanol–water partition coefficient (Wildman–Crippen LogP) is 4.58. The van der Waals surface area contributed by atoms with Gasteiger partial charge in [-0.1, -0.05) is 6.07 Å². The largest absolute Gasteiger partial charge is 0.477 e. The van der Waals surface area contributed by atoms with Gasteiger partial charge in [-0.2, -0.15) is 13.2 Å². The molecule has 2 aliphatic rings. The molecule has 1 unspecified atom stereocenters. The Morgan fingerprint density at radius 1 is 1.18 bits per heavy atom. The molecule has 3 aromatic rings. The molecule has 3 heterocycles. The Labute approximate surface area is 185 Å². The van der Waals surface area contributed by atoms with E-state index in [0.29, 0.717) is 19.3 Å². The molecule has 1 aliphatic heterocycles. The van der Waals surface area contributed by atoms with E-state index in [1.807, 2.05) is 0 Å². The number of fused-ring (bicyclic) bond motifs is 1. The minimum Gasteiger partial charge on any atom is -0.477 e. The average molecular weight is 461 g/mol. The highest BCUT2D eigenvalue weighted by Crippen LogP contribution is 2.47. The molecule has 10 heteroatoms. The molecule has 1 saturated carbocycles. The van der Waals surface area contributed by atoms with Crippen LogP contribution >= 0.6 is 0 Å². The summed E-state index contributed by atoms with van der Waals surface area (Å²) >= 11 is 0. The molecule has 172 valence electrons. The van der Waals surface area contributed by atoms with E-state index in [-0.39, 0.29) is 25.0 Å². The lowest BCUT2D eigenvalue weighted by Crippen LogP contribution is -2.27. The van der Waals surface area contributed by atoms with E-state index in [2.05, 4.69) is 4.98 Å². The third-order valence-electron chi connectivity index (χ3n) is 6.31. The van der Waals surface area contributed by atoms with Crippen LogP contribution in [0.1, 0.15) is 52.8 Å². The highest BCUT2D eigenvalue weighted by Gasteiger charge is 2.43. The first kappa shape index (κ1) is 21.4. The van der Waals surface area contributed by atoms with Crippen molar-refractivity contribution in [3.8, 4) is 0 Å². The summed E-state index contributed by atoms with van der Waals surface area (Å²) in [6, 6.07) is 5.70. The number of aromatic nitrogens is 2. The summed E-state index contributed by atoms with van der Waals surface area (Å²) in [5.74, 6) is -2.92. The Kier molecular flexibility index (Phi) is 4.91. The summed E-state index contributed by atoms with van der Waals surface area (Å²) in [4.78, 5) is 29.9. The lowest BCUT2D eigenvalue weighted by molar-refractivity contribution is -0.136. The zero-order chi connectivity index (χ0) is 23.5. The monoisotopic (exact) mass is 461 g/mol. The first-order valence-corrected chi connectivity index (χ1v) is 10.5. The van der Waals surface area contributed by atoms with Gasteiger partial charge in [-0.25, -0.2) is 9.18 Å². The van der Waals surface area contributed by atoms with Gasteiger partial charge in [0.2, 0.25) is 5.43 Å². The van der Waals surface area contributed by atoms with Crippen LogP contribution in [0.3, 0.4) is 0 Å². The number of alkyl halides is 3. The molecule has 1 N–H and O–H groups in total. The summed E-state index contributed by atoms with van der Waals surface area (Å²) in [5, 5.41) is 8.80. The maximum atomic E-state index is 15.3. The summed E-state index contributed by atoms with van der Waals surface area (Å²) < 4.78 is 59.8. The van der Waals surface area contributed by atoms with Gasteiger partial charge in [-0.3, -0.25) is 9.78 Å².